The maximum Gasteiger partial charge on any atom is 0.261 e. The minimum Gasteiger partial charge on any atom is -0.381 e. The molecule has 1 amide bonds. The smallest absolute Gasteiger partial charge is 0.261 e. The van der Waals surface area contributed by atoms with Crippen molar-refractivity contribution in [2.45, 2.75) is 32.9 Å². The van der Waals surface area contributed by atoms with Gasteiger partial charge in [0.15, 0.2) is 9.84 Å². The maximum absolute atomic E-state index is 13.2. The van der Waals surface area contributed by atoms with Crippen molar-refractivity contribution in [3.8, 4) is 11.4 Å². The lowest BCUT2D eigenvalue weighted by Gasteiger charge is -2.28. The minimum atomic E-state index is -2.93. The predicted octanol–water partition coefficient (Wildman–Crippen LogP) is 3.02. The minimum absolute atomic E-state index is 0.0521. The summed E-state index contributed by atoms with van der Waals surface area (Å²) in [5.74, 6) is 0.749. The van der Waals surface area contributed by atoms with E-state index in [0.717, 1.165) is 17.5 Å². The maximum atomic E-state index is 13.2. The second-order valence-corrected chi connectivity index (χ2v) is 14.0. The lowest BCUT2D eigenvalue weighted by molar-refractivity contribution is 0.0760. The zero-order chi connectivity index (χ0) is 28.0. The van der Waals surface area contributed by atoms with Gasteiger partial charge in [-0.05, 0) is 54.6 Å². The number of anilines is 1. The highest BCUT2D eigenvalue weighted by atomic mass is 32.2. The number of nitrogens with one attached hydrogen (secondary N) is 3. The van der Waals surface area contributed by atoms with E-state index in [1.165, 1.54) is 10.4 Å². The van der Waals surface area contributed by atoms with Gasteiger partial charge in [-0.25, -0.2) is 13.4 Å². The lowest BCUT2D eigenvalue weighted by Crippen LogP contribution is -2.44. The molecule has 0 saturated carbocycles. The third-order valence-corrected chi connectivity index (χ3v) is 10.4. The molecule has 10 nitrogen and oxygen atoms in total. The van der Waals surface area contributed by atoms with Crippen molar-refractivity contribution >= 4 is 43.8 Å². The molecule has 210 valence electrons. The number of amides is 1. The lowest BCUT2D eigenvalue weighted by atomic mass is 10.1. The zero-order valence-electron chi connectivity index (χ0n) is 22.5. The molecule has 0 radical (unpaired) electrons. The number of thiophene rings is 1. The van der Waals surface area contributed by atoms with Crippen molar-refractivity contribution in [3.05, 3.63) is 67.8 Å². The molecule has 1 aromatic carbocycles. The Bertz CT molecular complexity index is 1740. The first kappa shape index (κ1) is 26.7. The molecule has 6 rings (SSSR count). The Kier molecular flexibility index (Phi) is 7.01. The number of imidazole rings is 1. The number of H-pyrrole nitrogens is 2. The number of carbonyl (C=O) groups excluding carboxylic acids is 1. The van der Waals surface area contributed by atoms with Crippen LogP contribution in [-0.2, 0) is 22.8 Å². The fourth-order valence-electron chi connectivity index (χ4n) is 5.46. The van der Waals surface area contributed by atoms with E-state index in [9.17, 15) is 18.0 Å². The summed E-state index contributed by atoms with van der Waals surface area (Å²) in [6, 6.07) is 7.81. The number of benzene rings is 1. The Balaban J connectivity index is 1.19. The Morgan fingerprint density at radius 3 is 2.70 bits per heavy atom. The molecule has 5 heterocycles. The predicted molar refractivity (Wildman–Crippen MR) is 158 cm³/mol. The Hall–Kier alpha value is -3.48. The van der Waals surface area contributed by atoms with Crippen molar-refractivity contribution in [2.75, 3.05) is 43.0 Å². The first-order valence-electron chi connectivity index (χ1n) is 13.4. The molecule has 0 aliphatic carbocycles. The highest BCUT2D eigenvalue weighted by molar-refractivity contribution is 7.91. The molecular weight excluding hydrogens is 548 g/mol. The van der Waals surface area contributed by atoms with Crippen LogP contribution in [0.3, 0.4) is 0 Å². The molecule has 1 atom stereocenters. The van der Waals surface area contributed by atoms with Crippen LogP contribution in [0.15, 0.2) is 40.6 Å². The summed E-state index contributed by atoms with van der Waals surface area (Å²) in [6.45, 7) is 6.89. The van der Waals surface area contributed by atoms with Crippen molar-refractivity contribution < 1.29 is 13.2 Å². The van der Waals surface area contributed by atoms with Gasteiger partial charge in [-0.1, -0.05) is 0 Å². The second kappa shape index (κ2) is 10.5. The quantitative estimate of drug-likeness (QED) is 0.292. The van der Waals surface area contributed by atoms with Gasteiger partial charge in [-0.3, -0.25) is 14.5 Å². The van der Waals surface area contributed by atoms with Crippen LogP contribution in [0.4, 0.5) is 5.69 Å². The van der Waals surface area contributed by atoms with Crippen LogP contribution in [0.25, 0.3) is 22.4 Å². The molecule has 0 spiro atoms. The van der Waals surface area contributed by atoms with Gasteiger partial charge in [-0.15, -0.1) is 11.3 Å². The number of hydrogen-bond donors (Lipinski definition) is 3. The van der Waals surface area contributed by atoms with Gasteiger partial charge in [0.2, 0.25) is 0 Å². The normalized spacial score (nSPS) is 17.9. The van der Waals surface area contributed by atoms with Crippen LogP contribution >= 0.6 is 11.3 Å². The Morgan fingerprint density at radius 2 is 1.95 bits per heavy atom. The third-order valence-electron chi connectivity index (χ3n) is 7.77. The van der Waals surface area contributed by atoms with Crippen LogP contribution in [0, 0.1) is 6.92 Å². The number of pyridine rings is 1. The Morgan fingerprint density at radius 1 is 1.15 bits per heavy atom. The third kappa shape index (κ3) is 5.30. The highest BCUT2D eigenvalue weighted by Crippen LogP contribution is 2.30. The zero-order valence-corrected chi connectivity index (χ0v) is 24.1. The van der Waals surface area contributed by atoms with Crippen LogP contribution in [0.2, 0.25) is 0 Å². The molecule has 12 heteroatoms. The monoisotopic (exact) mass is 580 g/mol. The number of hydrogen-bond acceptors (Lipinski definition) is 8. The summed E-state index contributed by atoms with van der Waals surface area (Å²) < 4.78 is 23.4. The molecule has 40 heavy (non-hydrogen) atoms. The van der Waals surface area contributed by atoms with Crippen molar-refractivity contribution in [1.29, 1.82) is 0 Å². The number of aromatic nitrogens is 3. The van der Waals surface area contributed by atoms with Crippen LogP contribution in [-0.4, -0.2) is 82.8 Å². The van der Waals surface area contributed by atoms with Crippen LogP contribution in [0.1, 0.15) is 33.3 Å². The molecule has 3 aromatic heterocycles. The summed E-state index contributed by atoms with van der Waals surface area (Å²) >= 11 is 1.73. The van der Waals surface area contributed by atoms with E-state index in [4.69, 9.17) is 4.98 Å². The topological polar surface area (TPSA) is 131 Å². The summed E-state index contributed by atoms with van der Waals surface area (Å²) in [4.78, 5) is 42.1. The van der Waals surface area contributed by atoms with Gasteiger partial charge in [0.1, 0.15) is 11.4 Å². The van der Waals surface area contributed by atoms with E-state index in [1.807, 2.05) is 12.1 Å². The number of carbonyl (C=O) groups is 1. The second-order valence-electron chi connectivity index (χ2n) is 10.7. The van der Waals surface area contributed by atoms with E-state index in [2.05, 4.69) is 45.5 Å². The summed E-state index contributed by atoms with van der Waals surface area (Å²) in [7, 11) is -2.93. The number of aromatic amines is 2. The number of rotatable bonds is 8. The van der Waals surface area contributed by atoms with Crippen molar-refractivity contribution in [2.24, 2.45) is 0 Å². The summed E-state index contributed by atoms with van der Waals surface area (Å²) in [5, 5.41) is 5.58. The van der Waals surface area contributed by atoms with Crippen molar-refractivity contribution in [1.82, 2.24) is 24.8 Å². The summed E-state index contributed by atoms with van der Waals surface area (Å²) in [6.07, 6.45) is 2.47. The molecule has 4 aromatic rings. The molecule has 2 aliphatic heterocycles. The number of sulfone groups is 1. The van der Waals surface area contributed by atoms with E-state index in [0.29, 0.717) is 60.9 Å². The van der Waals surface area contributed by atoms with Crippen molar-refractivity contribution in [3.63, 3.8) is 0 Å². The van der Waals surface area contributed by atoms with E-state index >= 15 is 0 Å². The van der Waals surface area contributed by atoms with Gasteiger partial charge in [0, 0.05) is 61.8 Å². The van der Waals surface area contributed by atoms with Gasteiger partial charge < -0.3 is 20.2 Å². The fourth-order valence-corrected chi connectivity index (χ4v) is 7.77. The van der Waals surface area contributed by atoms with Gasteiger partial charge in [0.05, 0.1) is 28.2 Å². The van der Waals surface area contributed by atoms with Gasteiger partial charge in [-0.2, -0.15) is 0 Å². The Labute approximate surface area is 236 Å². The number of aryl methyl sites for hydroxylation is 1. The van der Waals surface area contributed by atoms with E-state index < -0.39 is 9.84 Å². The average Bonchev–Trinajstić information content (AvgIpc) is 3.59. The SMILES string of the molecule is Cc1ccsc1C[C@H](C)Nc1cc[nH]c(=O)c1-c1nc2cc3c(cc2[nH]1)CN(CCN1CCS(=O)(=O)CC1)C3=O. The van der Waals surface area contributed by atoms with Gasteiger partial charge >= 0.3 is 0 Å². The molecule has 0 unspecified atom stereocenters. The molecule has 1 saturated heterocycles. The number of nitrogens with zero attached hydrogens (tertiary/aromatic N) is 3. The van der Waals surface area contributed by atoms with Crippen LogP contribution in [0.5, 0.6) is 0 Å². The standard InChI is InChI=1S/C28H32N6O4S2/c1-17-4-10-39-24(17)13-18(2)30-21-3-5-29-27(35)25(21)26-31-22-14-19-16-34(28(36)20(19)15-23(22)32-26)7-6-33-8-11-40(37,38)12-9-33/h3-5,10,14-15,18H,6-9,11-13,16H2,1-2H3,(H,31,32)(H2,29,30,35)/t18-/m0/s1. The molecular formula is C28H32N6O4S2. The first-order valence-corrected chi connectivity index (χ1v) is 16.1. The molecule has 0 bridgehead atoms. The fraction of sp³-hybridized carbons (Fsp3) is 0.393. The van der Waals surface area contributed by atoms with E-state index in [1.54, 1.807) is 28.5 Å². The number of fused-ring (bicyclic) bond motifs is 2. The first-order chi connectivity index (χ1) is 19.2. The summed E-state index contributed by atoms with van der Waals surface area (Å²) in [5.41, 5.74) is 5.08. The molecule has 1 fully saturated rings. The molecule has 3 N–H and O–H groups in total. The average molecular weight is 581 g/mol. The highest BCUT2D eigenvalue weighted by Gasteiger charge is 2.30. The largest absolute Gasteiger partial charge is 0.381 e. The van der Waals surface area contributed by atoms with E-state index in [-0.39, 0.29) is 29.0 Å². The molecule has 2 aliphatic rings. The van der Waals surface area contributed by atoms with Crippen LogP contribution < -0.4 is 10.9 Å². The van der Waals surface area contributed by atoms with Gasteiger partial charge in [0.25, 0.3) is 11.5 Å².